The first-order chi connectivity index (χ1) is 10.1. The van der Waals surface area contributed by atoms with E-state index in [0.717, 1.165) is 4.47 Å². The second-order valence-corrected chi connectivity index (χ2v) is 5.17. The summed E-state index contributed by atoms with van der Waals surface area (Å²) >= 11 is 3.31. The van der Waals surface area contributed by atoms with Gasteiger partial charge >= 0.3 is 12.0 Å². The minimum atomic E-state index is -1.08. The van der Waals surface area contributed by atoms with Crippen molar-refractivity contribution in [3.05, 3.63) is 59.1 Å². The van der Waals surface area contributed by atoms with Gasteiger partial charge in [0.15, 0.2) is 0 Å². The summed E-state index contributed by atoms with van der Waals surface area (Å²) in [7, 11) is 0. The molecule has 0 aliphatic carbocycles. The summed E-state index contributed by atoms with van der Waals surface area (Å²) in [5.41, 5.74) is 1.11. The van der Waals surface area contributed by atoms with Crippen LogP contribution in [0.1, 0.15) is 0 Å². The zero-order valence-corrected chi connectivity index (χ0v) is 12.6. The van der Waals surface area contributed by atoms with Crippen molar-refractivity contribution in [3.63, 3.8) is 0 Å². The first kappa shape index (κ1) is 15.1. The van der Waals surface area contributed by atoms with E-state index >= 15 is 0 Å². The molecule has 0 fully saturated rings. The van der Waals surface area contributed by atoms with Crippen LogP contribution in [0.15, 0.2) is 59.1 Å². The van der Waals surface area contributed by atoms with Gasteiger partial charge in [-0.15, -0.1) is 0 Å². The number of rotatable bonds is 4. The highest BCUT2D eigenvalue weighted by Gasteiger charge is 2.18. The Bertz CT molecular complexity index is 629. The molecule has 2 amide bonds. The number of aliphatic carboxylic acids is 1. The van der Waals surface area contributed by atoms with Gasteiger partial charge in [-0.05, 0) is 36.4 Å². The van der Waals surface area contributed by atoms with Gasteiger partial charge in [-0.25, -0.2) is 4.79 Å². The molecule has 0 bridgehead atoms. The first-order valence-electron chi connectivity index (χ1n) is 6.17. The fourth-order valence-corrected chi connectivity index (χ4v) is 2.01. The molecular formula is C15H13BrN2O3. The highest BCUT2D eigenvalue weighted by atomic mass is 79.9. The number of benzene rings is 2. The summed E-state index contributed by atoms with van der Waals surface area (Å²) in [6.07, 6.45) is 0. The summed E-state index contributed by atoms with van der Waals surface area (Å²) < 4.78 is 0.894. The fourth-order valence-electron chi connectivity index (χ4n) is 1.75. The van der Waals surface area contributed by atoms with Crippen LogP contribution < -0.4 is 10.2 Å². The molecule has 0 spiro atoms. The van der Waals surface area contributed by atoms with Gasteiger partial charge in [-0.3, -0.25) is 9.69 Å². The van der Waals surface area contributed by atoms with Crippen LogP contribution in [0.3, 0.4) is 0 Å². The Kier molecular flexibility index (Phi) is 4.94. The number of carboxylic acids is 1. The number of halogens is 1. The molecule has 5 nitrogen and oxygen atoms in total. The maximum Gasteiger partial charge on any atom is 0.326 e. The van der Waals surface area contributed by atoms with E-state index < -0.39 is 18.5 Å². The lowest BCUT2D eigenvalue weighted by atomic mass is 10.3. The zero-order chi connectivity index (χ0) is 15.2. The lowest BCUT2D eigenvalue weighted by Gasteiger charge is -2.21. The molecule has 0 atom stereocenters. The predicted octanol–water partition coefficient (Wildman–Crippen LogP) is 3.57. The first-order valence-corrected chi connectivity index (χ1v) is 6.96. The van der Waals surface area contributed by atoms with Gasteiger partial charge in [0.2, 0.25) is 0 Å². The molecule has 0 heterocycles. The number of para-hydroxylation sites is 1. The summed E-state index contributed by atoms with van der Waals surface area (Å²) in [5, 5.41) is 11.6. The Morgan fingerprint density at radius 3 is 2.24 bits per heavy atom. The highest BCUT2D eigenvalue weighted by molar-refractivity contribution is 9.10. The van der Waals surface area contributed by atoms with Crippen molar-refractivity contribution in [3.8, 4) is 0 Å². The molecule has 0 saturated heterocycles. The lowest BCUT2D eigenvalue weighted by molar-refractivity contribution is -0.135. The summed E-state index contributed by atoms with van der Waals surface area (Å²) in [6, 6.07) is 15.2. The zero-order valence-electron chi connectivity index (χ0n) is 11.0. The predicted molar refractivity (Wildman–Crippen MR) is 84.6 cm³/mol. The van der Waals surface area contributed by atoms with E-state index in [1.165, 1.54) is 4.90 Å². The molecular weight excluding hydrogens is 336 g/mol. The summed E-state index contributed by atoms with van der Waals surface area (Å²) in [6.45, 7) is -0.410. The highest BCUT2D eigenvalue weighted by Crippen LogP contribution is 2.17. The van der Waals surface area contributed by atoms with Gasteiger partial charge in [-0.1, -0.05) is 34.1 Å². The average Bonchev–Trinajstić information content (AvgIpc) is 2.48. The van der Waals surface area contributed by atoms with Crippen LogP contribution in [0.5, 0.6) is 0 Å². The molecule has 108 valence electrons. The lowest BCUT2D eigenvalue weighted by Crippen LogP contribution is -2.38. The third kappa shape index (κ3) is 4.32. The third-order valence-corrected chi connectivity index (χ3v) is 3.23. The smallest absolute Gasteiger partial charge is 0.326 e. The number of hydrogen-bond donors (Lipinski definition) is 2. The molecule has 0 aliphatic rings. The van der Waals surface area contributed by atoms with Crippen molar-refractivity contribution in [2.24, 2.45) is 0 Å². The Morgan fingerprint density at radius 1 is 1.05 bits per heavy atom. The molecule has 21 heavy (non-hydrogen) atoms. The number of nitrogens with zero attached hydrogens (tertiary/aromatic N) is 1. The Balaban J connectivity index is 2.18. The van der Waals surface area contributed by atoms with Gasteiger partial charge in [0.05, 0.1) is 0 Å². The third-order valence-electron chi connectivity index (χ3n) is 2.70. The van der Waals surface area contributed by atoms with E-state index in [1.807, 2.05) is 0 Å². The second-order valence-electron chi connectivity index (χ2n) is 4.25. The SMILES string of the molecule is O=C(O)CN(C(=O)Nc1ccc(Br)cc1)c1ccccc1. The quantitative estimate of drug-likeness (QED) is 0.887. The van der Waals surface area contributed by atoms with Crippen LogP contribution in [0.2, 0.25) is 0 Å². The molecule has 0 unspecified atom stereocenters. The van der Waals surface area contributed by atoms with Gasteiger partial charge < -0.3 is 10.4 Å². The molecule has 6 heteroatoms. The van der Waals surface area contributed by atoms with E-state index in [1.54, 1.807) is 54.6 Å². The monoisotopic (exact) mass is 348 g/mol. The van der Waals surface area contributed by atoms with E-state index in [-0.39, 0.29) is 0 Å². The van der Waals surface area contributed by atoms with Gasteiger partial charge in [0, 0.05) is 15.8 Å². The number of carbonyl (C=O) groups is 2. The average molecular weight is 349 g/mol. The van der Waals surface area contributed by atoms with E-state index in [2.05, 4.69) is 21.2 Å². The second kappa shape index (κ2) is 6.90. The Labute approximate surface area is 130 Å². The maximum absolute atomic E-state index is 12.3. The summed E-state index contributed by atoms with van der Waals surface area (Å²) in [5.74, 6) is -1.08. The molecule has 0 aromatic heterocycles. The van der Waals surface area contributed by atoms with Crippen LogP contribution in [0, 0.1) is 0 Å². The molecule has 2 rings (SSSR count). The van der Waals surface area contributed by atoms with Crippen LogP contribution in [0.25, 0.3) is 0 Å². The summed E-state index contributed by atoms with van der Waals surface area (Å²) in [4.78, 5) is 24.4. The molecule has 2 aromatic carbocycles. The molecule has 0 radical (unpaired) electrons. The number of carboxylic acid groups (broad SMARTS) is 1. The molecule has 2 aromatic rings. The van der Waals surface area contributed by atoms with Crippen molar-refractivity contribution >= 4 is 39.3 Å². The maximum atomic E-state index is 12.3. The van der Waals surface area contributed by atoms with Gasteiger partial charge in [0.25, 0.3) is 0 Å². The molecule has 0 saturated carbocycles. The van der Waals surface area contributed by atoms with Crippen molar-refractivity contribution in [2.75, 3.05) is 16.8 Å². The Hall–Kier alpha value is -2.34. The largest absolute Gasteiger partial charge is 0.480 e. The number of amides is 2. The van der Waals surface area contributed by atoms with Crippen molar-refractivity contribution in [2.45, 2.75) is 0 Å². The molecule has 0 aliphatic heterocycles. The van der Waals surface area contributed by atoms with Crippen LogP contribution >= 0.6 is 15.9 Å². The Morgan fingerprint density at radius 2 is 1.67 bits per heavy atom. The van der Waals surface area contributed by atoms with Crippen molar-refractivity contribution < 1.29 is 14.7 Å². The number of carbonyl (C=O) groups excluding carboxylic acids is 1. The molecule has 2 N–H and O–H groups in total. The van der Waals surface area contributed by atoms with E-state index in [4.69, 9.17) is 5.11 Å². The van der Waals surface area contributed by atoms with Crippen molar-refractivity contribution in [1.29, 1.82) is 0 Å². The van der Waals surface area contributed by atoms with Crippen molar-refractivity contribution in [1.82, 2.24) is 0 Å². The normalized spacial score (nSPS) is 9.95. The minimum Gasteiger partial charge on any atom is -0.480 e. The van der Waals surface area contributed by atoms with E-state index in [0.29, 0.717) is 11.4 Å². The number of nitrogens with one attached hydrogen (secondary N) is 1. The van der Waals surface area contributed by atoms with Gasteiger partial charge in [0.1, 0.15) is 6.54 Å². The van der Waals surface area contributed by atoms with Crippen LogP contribution in [0.4, 0.5) is 16.2 Å². The van der Waals surface area contributed by atoms with Crippen LogP contribution in [-0.2, 0) is 4.79 Å². The number of anilines is 2. The standard InChI is InChI=1S/C15H13BrN2O3/c16-11-6-8-12(9-7-11)17-15(21)18(10-14(19)20)13-4-2-1-3-5-13/h1-9H,10H2,(H,17,21)(H,19,20). The number of urea groups is 1. The van der Waals surface area contributed by atoms with Crippen LogP contribution in [-0.4, -0.2) is 23.7 Å². The fraction of sp³-hybridized carbons (Fsp3) is 0.0667. The van der Waals surface area contributed by atoms with Gasteiger partial charge in [-0.2, -0.15) is 0 Å². The number of hydrogen-bond acceptors (Lipinski definition) is 2. The topological polar surface area (TPSA) is 69.6 Å². The van der Waals surface area contributed by atoms with E-state index in [9.17, 15) is 9.59 Å². The minimum absolute atomic E-state index is 0.410.